The van der Waals surface area contributed by atoms with Gasteiger partial charge in [-0.05, 0) is 42.3 Å². The lowest BCUT2D eigenvalue weighted by molar-refractivity contribution is 0.0536. The Hall–Kier alpha value is -4.29. The van der Waals surface area contributed by atoms with Crippen LogP contribution in [-0.4, -0.2) is 70.6 Å². The molecule has 1 saturated heterocycles. The maximum atomic E-state index is 13.5. The average molecular weight is 523 g/mol. The van der Waals surface area contributed by atoms with Crippen LogP contribution in [0.3, 0.4) is 0 Å². The minimum atomic E-state index is -1.03. The molecule has 5 rings (SSSR count). The number of halogens is 1. The molecule has 4 heterocycles. The minimum absolute atomic E-state index is 0.112. The molecule has 0 spiro atoms. The highest BCUT2D eigenvalue weighted by Gasteiger charge is 2.40. The van der Waals surface area contributed by atoms with Crippen LogP contribution in [-0.2, 0) is 6.54 Å². The number of carbonyl (C=O) groups excluding carboxylic acids is 2. The number of nitrogens with one attached hydrogen (secondary N) is 2. The van der Waals surface area contributed by atoms with Crippen LogP contribution in [0.5, 0.6) is 5.75 Å². The Morgan fingerprint density at radius 1 is 1.21 bits per heavy atom. The molecule has 0 aliphatic carbocycles. The van der Waals surface area contributed by atoms with E-state index in [2.05, 4.69) is 25.5 Å². The molecule has 198 valence electrons. The lowest BCUT2D eigenvalue weighted by Gasteiger charge is -2.35. The first-order valence-corrected chi connectivity index (χ1v) is 12.2. The van der Waals surface area contributed by atoms with Crippen LogP contribution in [0, 0.1) is 5.82 Å². The summed E-state index contributed by atoms with van der Waals surface area (Å²) in [6.45, 7) is 0.984. The number of anilines is 3. The van der Waals surface area contributed by atoms with Crippen molar-refractivity contribution < 1.29 is 28.9 Å². The van der Waals surface area contributed by atoms with Gasteiger partial charge in [0.05, 0.1) is 18.3 Å². The molecular formula is C26H27FN6O5. The van der Waals surface area contributed by atoms with Gasteiger partial charge in [-0.2, -0.15) is 0 Å². The molecule has 2 bridgehead atoms. The standard InChI is InChI=1S/C26H27FN6O5/c27-17-3-1-2-16(10-17)12-29-25(36)21-4-5-22-24(30-21)33(18-7-9-32(22)13-18)26(37)31-23-11-20(6-8-28-23)38-15-19(35)14-34/h1-6,8,10-11,18-19,34-35H,7,9,12-15H2,(H,29,36)(H,28,31,37)/t18?,19-/m1/s1. The molecule has 1 unspecified atom stereocenters. The molecule has 1 fully saturated rings. The molecule has 2 aliphatic heterocycles. The number of nitrogens with zero attached hydrogens (tertiary/aromatic N) is 4. The summed E-state index contributed by atoms with van der Waals surface area (Å²) in [5.74, 6) is 0.139. The highest BCUT2D eigenvalue weighted by atomic mass is 19.1. The summed E-state index contributed by atoms with van der Waals surface area (Å²) in [7, 11) is 0. The zero-order valence-electron chi connectivity index (χ0n) is 20.4. The van der Waals surface area contributed by atoms with Crippen molar-refractivity contribution in [2.24, 2.45) is 0 Å². The number of fused-ring (bicyclic) bond motifs is 4. The predicted octanol–water partition coefficient (Wildman–Crippen LogP) is 1.91. The highest BCUT2D eigenvalue weighted by molar-refractivity contribution is 6.05. The van der Waals surface area contributed by atoms with Gasteiger partial charge in [0.2, 0.25) is 0 Å². The molecule has 3 aromatic rings. The summed E-state index contributed by atoms with van der Waals surface area (Å²) in [6, 6.07) is 11.8. The Balaban J connectivity index is 1.33. The van der Waals surface area contributed by atoms with Crippen molar-refractivity contribution in [3.63, 3.8) is 0 Å². The number of amides is 3. The number of rotatable bonds is 8. The lowest BCUT2D eigenvalue weighted by Crippen LogP contribution is -2.48. The van der Waals surface area contributed by atoms with Crippen LogP contribution in [0.1, 0.15) is 22.5 Å². The van der Waals surface area contributed by atoms with E-state index in [0.29, 0.717) is 23.7 Å². The van der Waals surface area contributed by atoms with Crippen LogP contribution in [0.25, 0.3) is 0 Å². The number of aliphatic hydroxyl groups excluding tert-OH is 2. The normalized spacial score (nSPS) is 16.6. The Morgan fingerprint density at radius 3 is 2.89 bits per heavy atom. The van der Waals surface area contributed by atoms with Gasteiger partial charge in [-0.25, -0.2) is 19.2 Å². The van der Waals surface area contributed by atoms with E-state index in [9.17, 15) is 19.1 Å². The molecule has 2 aromatic heterocycles. The Morgan fingerprint density at radius 2 is 2.08 bits per heavy atom. The fourth-order valence-corrected chi connectivity index (χ4v) is 4.50. The number of ether oxygens (including phenoxy) is 1. The second-order valence-corrected chi connectivity index (χ2v) is 9.06. The number of hydrogen-bond donors (Lipinski definition) is 4. The fraction of sp³-hybridized carbons (Fsp3) is 0.308. The van der Waals surface area contributed by atoms with E-state index in [4.69, 9.17) is 9.84 Å². The molecular weight excluding hydrogens is 495 g/mol. The number of carbonyl (C=O) groups is 2. The van der Waals surface area contributed by atoms with Crippen molar-refractivity contribution in [3.05, 3.63) is 71.8 Å². The van der Waals surface area contributed by atoms with Gasteiger partial charge in [0, 0.05) is 31.9 Å². The molecule has 11 nitrogen and oxygen atoms in total. The summed E-state index contributed by atoms with van der Waals surface area (Å²) in [5.41, 5.74) is 1.50. The van der Waals surface area contributed by atoms with E-state index in [0.717, 1.165) is 18.7 Å². The molecule has 0 saturated carbocycles. The molecule has 1 aromatic carbocycles. The highest BCUT2D eigenvalue weighted by Crippen LogP contribution is 2.39. The van der Waals surface area contributed by atoms with Crippen molar-refractivity contribution in [1.82, 2.24) is 15.3 Å². The molecule has 3 amide bonds. The minimum Gasteiger partial charge on any atom is -0.491 e. The molecule has 38 heavy (non-hydrogen) atoms. The van der Waals surface area contributed by atoms with Crippen molar-refractivity contribution in [3.8, 4) is 5.75 Å². The van der Waals surface area contributed by atoms with Crippen LogP contribution < -0.4 is 25.2 Å². The van der Waals surface area contributed by atoms with Gasteiger partial charge < -0.3 is 25.2 Å². The van der Waals surface area contributed by atoms with Crippen molar-refractivity contribution in [2.75, 3.05) is 41.4 Å². The van der Waals surface area contributed by atoms with Gasteiger partial charge in [-0.3, -0.25) is 15.0 Å². The number of hydrogen-bond acceptors (Lipinski definition) is 8. The van der Waals surface area contributed by atoms with Crippen LogP contribution in [0.15, 0.2) is 54.7 Å². The second-order valence-electron chi connectivity index (χ2n) is 9.06. The number of aromatic nitrogens is 2. The number of benzene rings is 1. The maximum Gasteiger partial charge on any atom is 0.329 e. The fourth-order valence-electron chi connectivity index (χ4n) is 4.50. The van der Waals surface area contributed by atoms with Gasteiger partial charge in [0.15, 0.2) is 5.82 Å². The average Bonchev–Trinajstić information content (AvgIpc) is 3.34. The topological polar surface area (TPSA) is 140 Å². The van der Waals surface area contributed by atoms with Gasteiger partial charge in [0.25, 0.3) is 5.91 Å². The maximum absolute atomic E-state index is 13.5. The predicted molar refractivity (Wildman–Crippen MR) is 137 cm³/mol. The number of pyridine rings is 2. The molecule has 12 heteroatoms. The van der Waals surface area contributed by atoms with Crippen LogP contribution >= 0.6 is 0 Å². The van der Waals surface area contributed by atoms with Gasteiger partial charge in [0.1, 0.15) is 35.8 Å². The first-order valence-electron chi connectivity index (χ1n) is 12.2. The smallest absolute Gasteiger partial charge is 0.329 e. The van der Waals surface area contributed by atoms with E-state index in [1.54, 1.807) is 35.2 Å². The quantitative estimate of drug-likeness (QED) is 0.352. The van der Waals surface area contributed by atoms with E-state index in [1.807, 2.05) is 0 Å². The van der Waals surface area contributed by atoms with E-state index in [-0.39, 0.29) is 36.5 Å². The van der Waals surface area contributed by atoms with Crippen molar-refractivity contribution in [2.45, 2.75) is 25.1 Å². The van der Waals surface area contributed by atoms with Gasteiger partial charge in [-0.15, -0.1) is 0 Å². The Labute approximate surface area is 217 Å². The van der Waals surface area contributed by atoms with Gasteiger partial charge in [-0.1, -0.05) is 12.1 Å². The van der Waals surface area contributed by atoms with E-state index < -0.39 is 24.6 Å². The van der Waals surface area contributed by atoms with Crippen LogP contribution in [0.2, 0.25) is 0 Å². The first-order chi connectivity index (χ1) is 18.4. The van der Waals surface area contributed by atoms with E-state index in [1.165, 1.54) is 24.4 Å². The summed E-state index contributed by atoms with van der Waals surface area (Å²) < 4.78 is 18.9. The van der Waals surface area contributed by atoms with E-state index >= 15 is 0 Å². The monoisotopic (exact) mass is 522 g/mol. The third-order valence-electron chi connectivity index (χ3n) is 6.36. The molecule has 2 atom stereocenters. The lowest BCUT2D eigenvalue weighted by atomic mass is 10.1. The zero-order valence-corrected chi connectivity index (χ0v) is 20.4. The third kappa shape index (κ3) is 5.50. The molecule has 4 N–H and O–H groups in total. The molecule has 0 radical (unpaired) electrons. The summed E-state index contributed by atoms with van der Waals surface area (Å²) in [4.78, 5) is 38.7. The Kier molecular flexibility index (Phi) is 7.33. The Bertz CT molecular complexity index is 1340. The SMILES string of the molecule is O=C(NCc1cccc(F)c1)c1ccc2c(n1)N(C(=O)Nc1cc(OC[C@H](O)CO)ccn1)C1CCN2C1. The second kappa shape index (κ2) is 11.0. The number of aliphatic hydroxyl groups is 2. The summed E-state index contributed by atoms with van der Waals surface area (Å²) >= 11 is 0. The zero-order chi connectivity index (χ0) is 26.6. The largest absolute Gasteiger partial charge is 0.491 e. The first kappa shape index (κ1) is 25.4. The van der Waals surface area contributed by atoms with Crippen molar-refractivity contribution in [1.29, 1.82) is 0 Å². The summed E-state index contributed by atoms with van der Waals surface area (Å²) in [6.07, 6.45) is 1.17. The van der Waals surface area contributed by atoms with Crippen molar-refractivity contribution >= 4 is 29.3 Å². The number of urea groups is 1. The van der Waals surface area contributed by atoms with Crippen LogP contribution in [0.4, 0.5) is 26.5 Å². The summed E-state index contributed by atoms with van der Waals surface area (Å²) in [5, 5.41) is 24.0. The molecule has 2 aliphatic rings. The third-order valence-corrected chi connectivity index (χ3v) is 6.36. The van der Waals surface area contributed by atoms with Gasteiger partial charge >= 0.3 is 6.03 Å².